The quantitative estimate of drug-likeness (QED) is 0.748. The van der Waals surface area contributed by atoms with E-state index >= 15 is 0 Å². The van der Waals surface area contributed by atoms with Crippen molar-refractivity contribution in [3.63, 3.8) is 0 Å². The zero-order valence-corrected chi connectivity index (χ0v) is 9.95. The fourth-order valence-electron chi connectivity index (χ4n) is 1.54. The van der Waals surface area contributed by atoms with Gasteiger partial charge in [-0.3, -0.25) is 4.79 Å². The molecule has 0 atom stereocenters. The third kappa shape index (κ3) is 4.45. The molecular weight excluding hydrogens is 202 g/mol. The van der Waals surface area contributed by atoms with Crippen LogP contribution in [0.3, 0.4) is 0 Å². The van der Waals surface area contributed by atoms with Crippen LogP contribution in [-0.2, 0) is 16.1 Å². The van der Waals surface area contributed by atoms with Crippen LogP contribution in [-0.4, -0.2) is 12.5 Å². The van der Waals surface area contributed by atoms with Crippen molar-refractivity contribution in [2.75, 3.05) is 6.61 Å². The Morgan fingerprint density at radius 2 is 2.12 bits per heavy atom. The molecule has 1 rings (SSSR count). The molecule has 0 saturated carbocycles. The van der Waals surface area contributed by atoms with Crippen molar-refractivity contribution < 1.29 is 9.53 Å². The van der Waals surface area contributed by atoms with Gasteiger partial charge in [0.05, 0.1) is 6.61 Å². The lowest BCUT2D eigenvalue weighted by Crippen LogP contribution is -2.11. The van der Waals surface area contributed by atoms with E-state index in [0.29, 0.717) is 26.1 Å². The van der Waals surface area contributed by atoms with Gasteiger partial charge < -0.3 is 10.5 Å². The zero-order valence-electron chi connectivity index (χ0n) is 9.95. The van der Waals surface area contributed by atoms with Gasteiger partial charge in [0.1, 0.15) is 0 Å². The van der Waals surface area contributed by atoms with Gasteiger partial charge in [0.25, 0.3) is 0 Å². The Balaban J connectivity index is 2.29. The van der Waals surface area contributed by atoms with Crippen molar-refractivity contribution >= 4 is 5.91 Å². The van der Waals surface area contributed by atoms with Crippen molar-refractivity contribution in [3.05, 3.63) is 34.9 Å². The molecule has 0 bridgehead atoms. The van der Waals surface area contributed by atoms with E-state index in [9.17, 15) is 4.79 Å². The molecule has 0 heterocycles. The van der Waals surface area contributed by atoms with Gasteiger partial charge in [-0.2, -0.15) is 0 Å². The third-order valence-corrected chi connectivity index (χ3v) is 2.47. The summed E-state index contributed by atoms with van der Waals surface area (Å²) in [6.45, 7) is 5.33. The molecule has 0 unspecified atom stereocenters. The maximum atomic E-state index is 10.5. The first-order valence-corrected chi connectivity index (χ1v) is 5.52. The summed E-state index contributed by atoms with van der Waals surface area (Å²) in [5, 5.41) is 0. The minimum absolute atomic E-state index is 0.268. The van der Waals surface area contributed by atoms with Crippen LogP contribution in [0.5, 0.6) is 0 Å². The molecule has 1 aromatic rings. The smallest absolute Gasteiger partial charge is 0.217 e. The highest BCUT2D eigenvalue weighted by Crippen LogP contribution is 2.11. The molecule has 1 aromatic carbocycles. The van der Waals surface area contributed by atoms with Gasteiger partial charge in [0.2, 0.25) is 5.91 Å². The summed E-state index contributed by atoms with van der Waals surface area (Å²) in [5.74, 6) is -0.268. The van der Waals surface area contributed by atoms with Gasteiger partial charge in [-0.05, 0) is 31.4 Å². The monoisotopic (exact) mass is 221 g/mol. The Labute approximate surface area is 96.6 Å². The number of ether oxygens (including phenoxy) is 1. The average Bonchev–Trinajstić information content (AvgIpc) is 2.20. The van der Waals surface area contributed by atoms with Gasteiger partial charge in [0, 0.05) is 13.0 Å². The number of benzene rings is 1. The number of carbonyl (C=O) groups is 1. The lowest BCUT2D eigenvalue weighted by atomic mass is 10.1. The normalized spacial score (nSPS) is 10.4. The SMILES string of the molecule is Cc1ccc(COCCCC(N)=O)c(C)c1. The van der Waals surface area contributed by atoms with Crippen LogP contribution in [0.4, 0.5) is 0 Å². The van der Waals surface area contributed by atoms with Crippen LogP contribution >= 0.6 is 0 Å². The van der Waals surface area contributed by atoms with Crippen LogP contribution < -0.4 is 5.73 Å². The molecule has 0 radical (unpaired) electrons. The van der Waals surface area contributed by atoms with Crippen molar-refractivity contribution in [1.82, 2.24) is 0 Å². The highest BCUT2D eigenvalue weighted by atomic mass is 16.5. The predicted molar refractivity (Wildman–Crippen MR) is 64.0 cm³/mol. The summed E-state index contributed by atoms with van der Waals surface area (Å²) in [7, 11) is 0. The number of aryl methyl sites for hydroxylation is 2. The molecule has 0 aliphatic rings. The molecule has 88 valence electrons. The maximum absolute atomic E-state index is 10.5. The molecule has 1 amide bonds. The second-order valence-corrected chi connectivity index (χ2v) is 4.05. The van der Waals surface area contributed by atoms with Crippen LogP contribution in [0.15, 0.2) is 18.2 Å². The maximum Gasteiger partial charge on any atom is 0.217 e. The minimum atomic E-state index is -0.268. The summed E-state index contributed by atoms with van der Waals surface area (Å²) in [6.07, 6.45) is 1.09. The second kappa shape index (κ2) is 6.28. The molecule has 16 heavy (non-hydrogen) atoms. The second-order valence-electron chi connectivity index (χ2n) is 4.05. The molecule has 3 heteroatoms. The molecule has 3 nitrogen and oxygen atoms in total. The fraction of sp³-hybridized carbons (Fsp3) is 0.462. The number of primary amides is 1. The lowest BCUT2D eigenvalue weighted by molar-refractivity contribution is -0.118. The van der Waals surface area contributed by atoms with E-state index in [1.54, 1.807) is 0 Å². The van der Waals surface area contributed by atoms with E-state index in [-0.39, 0.29) is 5.91 Å². The number of carbonyl (C=O) groups excluding carboxylic acids is 1. The van der Waals surface area contributed by atoms with Crippen molar-refractivity contribution in [2.24, 2.45) is 5.73 Å². The van der Waals surface area contributed by atoms with Gasteiger partial charge >= 0.3 is 0 Å². The predicted octanol–water partition coefficient (Wildman–Crippen LogP) is 2.09. The van der Waals surface area contributed by atoms with Crippen LogP contribution in [0.1, 0.15) is 29.5 Å². The summed E-state index contributed by atoms with van der Waals surface area (Å²) < 4.78 is 5.48. The Morgan fingerprint density at radius 1 is 1.38 bits per heavy atom. The first-order chi connectivity index (χ1) is 7.59. The van der Waals surface area contributed by atoms with E-state index in [1.807, 2.05) is 0 Å². The van der Waals surface area contributed by atoms with Gasteiger partial charge in [0.15, 0.2) is 0 Å². The van der Waals surface area contributed by atoms with E-state index in [0.717, 1.165) is 0 Å². The van der Waals surface area contributed by atoms with Gasteiger partial charge in [-0.15, -0.1) is 0 Å². The number of nitrogens with two attached hydrogens (primary N) is 1. The van der Waals surface area contributed by atoms with Crippen molar-refractivity contribution in [1.29, 1.82) is 0 Å². The number of hydrogen-bond acceptors (Lipinski definition) is 2. The summed E-state index contributed by atoms with van der Waals surface area (Å²) in [5.41, 5.74) is 8.74. The van der Waals surface area contributed by atoms with E-state index in [1.165, 1.54) is 16.7 Å². The van der Waals surface area contributed by atoms with Gasteiger partial charge in [-0.25, -0.2) is 0 Å². The standard InChI is InChI=1S/C13H19NO2/c1-10-5-6-12(11(2)8-10)9-16-7-3-4-13(14)15/h5-6,8H,3-4,7,9H2,1-2H3,(H2,14,15). The third-order valence-electron chi connectivity index (χ3n) is 2.47. The minimum Gasteiger partial charge on any atom is -0.377 e. The van der Waals surface area contributed by atoms with E-state index < -0.39 is 0 Å². The molecule has 0 aliphatic carbocycles. The Hall–Kier alpha value is -1.35. The van der Waals surface area contributed by atoms with Crippen LogP contribution in [0, 0.1) is 13.8 Å². The number of rotatable bonds is 6. The van der Waals surface area contributed by atoms with E-state index in [2.05, 4.69) is 32.0 Å². The van der Waals surface area contributed by atoms with Crippen molar-refractivity contribution in [3.8, 4) is 0 Å². The first-order valence-electron chi connectivity index (χ1n) is 5.52. The molecule has 0 aliphatic heterocycles. The Bertz CT molecular complexity index is 361. The number of amides is 1. The molecule has 0 saturated heterocycles. The molecule has 2 N–H and O–H groups in total. The summed E-state index contributed by atoms with van der Waals surface area (Å²) in [6, 6.07) is 6.30. The Kier molecular flexibility index (Phi) is 4.99. The topological polar surface area (TPSA) is 52.3 Å². The fourth-order valence-corrected chi connectivity index (χ4v) is 1.54. The van der Waals surface area contributed by atoms with Crippen LogP contribution in [0.25, 0.3) is 0 Å². The molecule has 0 fully saturated rings. The Morgan fingerprint density at radius 3 is 2.75 bits per heavy atom. The zero-order chi connectivity index (χ0) is 12.0. The summed E-state index contributed by atoms with van der Waals surface area (Å²) in [4.78, 5) is 10.5. The highest BCUT2D eigenvalue weighted by Gasteiger charge is 1.99. The first kappa shape index (κ1) is 12.7. The number of hydrogen-bond donors (Lipinski definition) is 1. The average molecular weight is 221 g/mol. The molecule has 0 spiro atoms. The summed E-state index contributed by atoms with van der Waals surface area (Å²) >= 11 is 0. The van der Waals surface area contributed by atoms with E-state index in [4.69, 9.17) is 10.5 Å². The van der Waals surface area contributed by atoms with Gasteiger partial charge in [-0.1, -0.05) is 23.8 Å². The lowest BCUT2D eigenvalue weighted by Gasteiger charge is -2.07. The largest absolute Gasteiger partial charge is 0.377 e. The molecule has 0 aromatic heterocycles. The van der Waals surface area contributed by atoms with Crippen molar-refractivity contribution in [2.45, 2.75) is 33.3 Å². The molecular formula is C13H19NO2. The van der Waals surface area contributed by atoms with Crippen LogP contribution in [0.2, 0.25) is 0 Å². The highest BCUT2D eigenvalue weighted by molar-refractivity contribution is 5.73.